The molecule has 1 heterocycles. The van der Waals surface area contributed by atoms with Crippen LogP contribution in [0.5, 0.6) is 0 Å². The van der Waals surface area contributed by atoms with Gasteiger partial charge in [0, 0.05) is 42.5 Å². The molecule has 0 atom stereocenters. The number of aryl methyl sites for hydroxylation is 2. The van der Waals surface area contributed by atoms with Crippen molar-refractivity contribution in [3.8, 4) is 0 Å². The molecule has 3 nitrogen and oxygen atoms in total. The Hall–Kier alpha value is -1.39. The molecule has 102 valence electrons. The van der Waals surface area contributed by atoms with Crippen molar-refractivity contribution in [1.29, 1.82) is 0 Å². The maximum Gasteiger partial charge on any atom is 0.127 e. The number of hydrogen-bond acceptors (Lipinski definition) is 2. The minimum absolute atomic E-state index is 0.237. The van der Waals surface area contributed by atoms with Gasteiger partial charge in [-0.25, -0.2) is 4.39 Å². The van der Waals surface area contributed by atoms with Gasteiger partial charge < -0.3 is 5.32 Å². The summed E-state index contributed by atoms with van der Waals surface area (Å²) in [6.45, 7) is 3.19. The summed E-state index contributed by atoms with van der Waals surface area (Å²) in [6.07, 6.45) is 2.88. The highest BCUT2D eigenvalue weighted by atomic mass is 35.5. The molecule has 19 heavy (non-hydrogen) atoms. The Morgan fingerprint density at radius 1 is 1.32 bits per heavy atom. The van der Waals surface area contributed by atoms with Gasteiger partial charge in [0.25, 0.3) is 0 Å². The maximum atomic E-state index is 13.5. The number of halogens is 2. The summed E-state index contributed by atoms with van der Waals surface area (Å²) in [7, 11) is 1.90. The van der Waals surface area contributed by atoms with Crippen LogP contribution in [0.15, 0.2) is 24.4 Å². The second-order valence-corrected chi connectivity index (χ2v) is 4.90. The first-order valence-electron chi connectivity index (χ1n) is 6.26. The van der Waals surface area contributed by atoms with Crippen LogP contribution in [-0.2, 0) is 26.6 Å². The molecule has 1 aromatic heterocycles. The number of hydrogen-bond donors (Lipinski definition) is 1. The molecule has 0 spiro atoms. The topological polar surface area (TPSA) is 29.9 Å². The van der Waals surface area contributed by atoms with Gasteiger partial charge in [-0.1, -0.05) is 18.5 Å². The summed E-state index contributed by atoms with van der Waals surface area (Å²) in [5.74, 6) is -0.237. The van der Waals surface area contributed by atoms with Crippen LogP contribution >= 0.6 is 11.6 Å². The second kappa shape index (κ2) is 6.17. The third kappa shape index (κ3) is 3.55. The van der Waals surface area contributed by atoms with Gasteiger partial charge in [0.05, 0.1) is 5.69 Å². The minimum Gasteiger partial charge on any atom is -0.308 e. The number of benzene rings is 1. The summed E-state index contributed by atoms with van der Waals surface area (Å²) in [5.41, 5.74) is 2.79. The Bertz CT molecular complexity index is 566. The molecule has 0 saturated carbocycles. The van der Waals surface area contributed by atoms with Gasteiger partial charge in [-0.2, -0.15) is 5.10 Å². The van der Waals surface area contributed by atoms with Gasteiger partial charge in [-0.3, -0.25) is 4.68 Å². The fraction of sp³-hybridized carbons (Fsp3) is 0.357. The van der Waals surface area contributed by atoms with E-state index < -0.39 is 0 Å². The molecular formula is C14H17ClFN3. The summed E-state index contributed by atoms with van der Waals surface area (Å²) >= 11 is 5.86. The van der Waals surface area contributed by atoms with Crippen molar-refractivity contribution in [2.24, 2.45) is 7.05 Å². The fourth-order valence-electron chi connectivity index (χ4n) is 2.04. The van der Waals surface area contributed by atoms with E-state index in [0.29, 0.717) is 23.7 Å². The van der Waals surface area contributed by atoms with E-state index in [9.17, 15) is 4.39 Å². The molecule has 0 aliphatic rings. The molecule has 0 amide bonds. The van der Waals surface area contributed by atoms with Gasteiger partial charge >= 0.3 is 0 Å². The van der Waals surface area contributed by atoms with Gasteiger partial charge in [-0.15, -0.1) is 0 Å². The van der Waals surface area contributed by atoms with Gasteiger partial charge in [0.2, 0.25) is 0 Å². The normalized spacial score (nSPS) is 10.9. The fourth-order valence-corrected chi connectivity index (χ4v) is 2.23. The van der Waals surface area contributed by atoms with Crippen molar-refractivity contribution in [3.05, 3.63) is 52.1 Å². The van der Waals surface area contributed by atoms with Crippen molar-refractivity contribution in [3.63, 3.8) is 0 Å². The van der Waals surface area contributed by atoms with E-state index in [-0.39, 0.29) is 5.82 Å². The number of nitrogens with zero attached hydrogens (tertiary/aromatic N) is 2. The van der Waals surface area contributed by atoms with E-state index in [2.05, 4.69) is 17.3 Å². The molecule has 2 rings (SSSR count). The van der Waals surface area contributed by atoms with Crippen LogP contribution in [-0.4, -0.2) is 9.78 Å². The smallest absolute Gasteiger partial charge is 0.127 e. The van der Waals surface area contributed by atoms with Crippen LogP contribution in [0.4, 0.5) is 4.39 Å². The van der Waals surface area contributed by atoms with Crippen LogP contribution in [0.1, 0.15) is 23.7 Å². The van der Waals surface area contributed by atoms with E-state index in [1.807, 2.05) is 13.2 Å². The van der Waals surface area contributed by atoms with Crippen LogP contribution in [0.3, 0.4) is 0 Å². The molecule has 1 aromatic carbocycles. The van der Waals surface area contributed by atoms with Crippen LogP contribution in [0.25, 0.3) is 0 Å². The van der Waals surface area contributed by atoms with Crippen molar-refractivity contribution in [2.75, 3.05) is 0 Å². The predicted molar refractivity (Wildman–Crippen MR) is 74.5 cm³/mol. The van der Waals surface area contributed by atoms with Gasteiger partial charge in [0.1, 0.15) is 5.82 Å². The lowest BCUT2D eigenvalue weighted by atomic mass is 10.2. The first kappa shape index (κ1) is 14.0. The third-order valence-electron chi connectivity index (χ3n) is 2.97. The van der Waals surface area contributed by atoms with Crippen molar-refractivity contribution >= 4 is 11.6 Å². The molecule has 0 saturated heterocycles. The Balaban J connectivity index is 1.98. The molecule has 0 bridgehead atoms. The molecule has 0 radical (unpaired) electrons. The zero-order chi connectivity index (χ0) is 13.8. The molecule has 0 aliphatic heterocycles. The van der Waals surface area contributed by atoms with Gasteiger partial charge in [-0.05, 0) is 24.6 Å². The Kier molecular flexibility index (Phi) is 4.56. The van der Waals surface area contributed by atoms with Crippen molar-refractivity contribution in [1.82, 2.24) is 15.1 Å². The van der Waals surface area contributed by atoms with E-state index in [1.54, 1.807) is 16.8 Å². The van der Waals surface area contributed by atoms with Crippen molar-refractivity contribution < 1.29 is 4.39 Å². The predicted octanol–water partition coefficient (Wildman–Crippen LogP) is 3.06. The minimum atomic E-state index is -0.237. The highest BCUT2D eigenvalue weighted by Gasteiger charge is 2.06. The lowest BCUT2D eigenvalue weighted by Gasteiger charge is -2.06. The molecule has 0 aliphatic carbocycles. The molecule has 0 fully saturated rings. The van der Waals surface area contributed by atoms with E-state index in [4.69, 9.17) is 11.6 Å². The van der Waals surface area contributed by atoms with E-state index in [0.717, 1.165) is 17.7 Å². The summed E-state index contributed by atoms with van der Waals surface area (Å²) < 4.78 is 15.3. The lowest BCUT2D eigenvalue weighted by molar-refractivity contribution is 0.587. The highest BCUT2D eigenvalue weighted by molar-refractivity contribution is 6.30. The Morgan fingerprint density at radius 3 is 2.79 bits per heavy atom. The van der Waals surface area contributed by atoms with Crippen LogP contribution in [0, 0.1) is 5.82 Å². The van der Waals surface area contributed by atoms with Crippen LogP contribution in [0.2, 0.25) is 5.02 Å². The SMILES string of the molecule is CCc1nn(C)cc1CNCc1cc(Cl)ccc1F. The molecule has 1 N–H and O–H groups in total. The summed E-state index contributed by atoms with van der Waals surface area (Å²) in [4.78, 5) is 0. The zero-order valence-electron chi connectivity index (χ0n) is 11.1. The number of nitrogens with one attached hydrogen (secondary N) is 1. The quantitative estimate of drug-likeness (QED) is 0.913. The van der Waals surface area contributed by atoms with Crippen molar-refractivity contribution in [2.45, 2.75) is 26.4 Å². The molecule has 5 heteroatoms. The highest BCUT2D eigenvalue weighted by Crippen LogP contribution is 2.15. The third-order valence-corrected chi connectivity index (χ3v) is 3.20. The van der Waals surface area contributed by atoms with Gasteiger partial charge in [0.15, 0.2) is 0 Å². The average Bonchev–Trinajstić information content (AvgIpc) is 2.74. The first-order chi connectivity index (χ1) is 9.10. The second-order valence-electron chi connectivity index (χ2n) is 4.47. The first-order valence-corrected chi connectivity index (χ1v) is 6.64. The average molecular weight is 282 g/mol. The Morgan fingerprint density at radius 2 is 2.05 bits per heavy atom. The molecule has 2 aromatic rings. The molecular weight excluding hydrogens is 265 g/mol. The maximum absolute atomic E-state index is 13.5. The molecule has 0 unspecified atom stereocenters. The zero-order valence-corrected chi connectivity index (χ0v) is 11.8. The standard InChI is InChI=1S/C14H17ClFN3/c1-3-14-11(9-19(2)18-14)8-17-7-10-6-12(15)4-5-13(10)16/h4-6,9,17H,3,7-8H2,1-2H3. The number of aromatic nitrogens is 2. The Labute approximate surface area is 117 Å². The number of rotatable bonds is 5. The summed E-state index contributed by atoms with van der Waals surface area (Å²) in [6, 6.07) is 4.59. The summed E-state index contributed by atoms with van der Waals surface area (Å²) in [5, 5.41) is 8.14. The monoisotopic (exact) mass is 281 g/mol. The lowest BCUT2D eigenvalue weighted by Crippen LogP contribution is -2.14. The van der Waals surface area contributed by atoms with Crippen LogP contribution < -0.4 is 5.32 Å². The van der Waals surface area contributed by atoms with E-state index in [1.165, 1.54) is 6.07 Å². The largest absolute Gasteiger partial charge is 0.308 e. The van der Waals surface area contributed by atoms with E-state index >= 15 is 0 Å².